The average molecular weight is 278 g/mol. The third kappa shape index (κ3) is 2.59. The Morgan fingerprint density at radius 3 is 2.80 bits per heavy atom. The Morgan fingerprint density at radius 1 is 1.55 bits per heavy atom. The number of aromatic carboxylic acids is 1. The average Bonchev–Trinajstić information content (AvgIpc) is 2.80. The molecule has 0 aromatic carbocycles. The fourth-order valence-corrected chi connectivity index (χ4v) is 2.19. The van der Waals surface area contributed by atoms with E-state index in [1.807, 2.05) is 20.8 Å². The lowest BCUT2D eigenvalue weighted by Crippen LogP contribution is -2.38. The monoisotopic (exact) mass is 278 g/mol. The number of amides is 1. The molecule has 0 spiro atoms. The van der Waals surface area contributed by atoms with Crippen LogP contribution in [0.3, 0.4) is 0 Å². The van der Waals surface area contributed by atoms with Crippen molar-refractivity contribution >= 4 is 17.9 Å². The lowest BCUT2D eigenvalue weighted by molar-refractivity contribution is 0.0696. The summed E-state index contributed by atoms with van der Waals surface area (Å²) in [7, 11) is 0. The van der Waals surface area contributed by atoms with Gasteiger partial charge in [0.25, 0.3) is 0 Å². The maximum atomic E-state index is 11.9. The molecule has 108 valence electrons. The zero-order valence-corrected chi connectivity index (χ0v) is 11.8. The zero-order chi connectivity index (χ0) is 14.9. The predicted molar refractivity (Wildman–Crippen MR) is 73.0 cm³/mol. The molecule has 1 amide bonds. The molecular formula is C14H18N2O4. The Labute approximate surface area is 117 Å². The van der Waals surface area contributed by atoms with Gasteiger partial charge in [-0.3, -0.25) is 4.90 Å². The molecular weight excluding hydrogens is 260 g/mol. The highest BCUT2D eigenvalue weighted by molar-refractivity contribution is 5.93. The van der Waals surface area contributed by atoms with E-state index in [1.165, 1.54) is 17.0 Å². The first kappa shape index (κ1) is 14.3. The molecule has 1 atom stereocenters. The summed E-state index contributed by atoms with van der Waals surface area (Å²) in [4.78, 5) is 28.9. The van der Waals surface area contributed by atoms with Crippen molar-refractivity contribution in [2.75, 3.05) is 11.5 Å². The first-order chi connectivity index (χ1) is 9.43. The lowest BCUT2D eigenvalue weighted by atomic mass is 10.0. The van der Waals surface area contributed by atoms with Gasteiger partial charge in [-0.2, -0.15) is 0 Å². The molecule has 6 nitrogen and oxygen atoms in total. The minimum atomic E-state index is -1.03. The third-order valence-electron chi connectivity index (χ3n) is 3.40. The van der Waals surface area contributed by atoms with Crippen LogP contribution in [0.4, 0.5) is 10.6 Å². The van der Waals surface area contributed by atoms with Crippen molar-refractivity contribution < 1.29 is 19.4 Å². The number of anilines is 1. The smallest absolute Gasteiger partial charge is 0.415 e. The van der Waals surface area contributed by atoms with Gasteiger partial charge in [-0.05, 0) is 24.5 Å². The molecule has 1 aliphatic rings. The van der Waals surface area contributed by atoms with Gasteiger partial charge in [0, 0.05) is 5.69 Å². The van der Waals surface area contributed by atoms with Crippen molar-refractivity contribution in [1.29, 1.82) is 0 Å². The first-order valence-corrected chi connectivity index (χ1v) is 6.64. The molecule has 1 saturated heterocycles. The van der Waals surface area contributed by atoms with E-state index in [-0.39, 0.29) is 17.5 Å². The highest BCUT2D eigenvalue weighted by Crippen LogP contribution is 2.26. The molecule has 2 rings (SSSR count). The summed E-state index contributed by atoms with van der Waals surface area (Å²) >= 11 is 0. The van der Waals surface area contributed by atoms with Crippen LogP contribution in [0, 0.1) is 5.92 Å². The number of cyclic esters (lactones) is 1. The summed E-state index contributed by atoms with van der Waals surface area (Å²) in [6, 6.07) is 2.82. The Morgan fingerprint density at radius 2 is 2.25 bits per heavy atom. The maximum absolute atomic E-state index is 11.9. The second-order valence-corrected chi connectivity index (χ2v) is 5.12. The molecule has 1 N–H and O–H groups in total. The SMILES string of the molecule is CCc1cc(C(=O)O)cc(N2C(=O)OC[C@H]2C(C)C)n1. The molecule has 0 saturated carbocycles. The zero-order valence-electron chi connectivity index (χ0n) is 11.8. The quantitative estimate of drug-likeness (QED) is 0.914. The van der Waals surface area contributed by atoms with Crippen LogP contribution < -0.4 is 4.90 Å². The number of aryl methyl sites for hydroxylation is 1. The Balaban J connectivity index is 2.47. The van der Waals surface area contributed by atoms with Gasteiger partial charge in [0.2, 0.25) is 0 Å². The standard InChI is InChI=1S/C14H18N2O4/c1-4-10-5-9(13(17)18)6-12(15-10)16-11(8(2)3)7-20-14(16)19/h5-6,8,11H,4,7H2,1-3H3,(H,17,18)/t11-/m0/s1. The van der Waals surface area contributed by atoms with E-state index in [1.54, 1.807) is 0 Å². The van der Waals surface area contributed by atoms with Crippen molar-refractivity contribution in [1.82, 2.24) is 4.98 Å². The van der Waals surface area contributed by atoms with E-state index >= 15 is 0 Å². The summed E-state index contributed by atoms with van der Waals surface area (Å²) in [6.45, 7) is 6.17. The van der Waals surface area contributed by atoms with Gasteiger partial charge in [-0.1, -0.05) is 20.8 Å². The van der Waals surface area contributed by atoms with Crippen LogP contribution in [0.15, 0.2) is 12.1 Å². The van der Waals surface area contributed by atoms with Crippen LogP contribution in [-0.2, 0) is 11.2 Å². The van der Waals surface area contributed by atoms with E-state index in [2.05, 4.69) is 4.98 Å². The molecule has 1 aromatic heterocycles. The van der Waals surface area contributed by atoms with Crippen LogP contribution in [0.25, 0.3) is 0 Å². The molecule has 0 bridgehead atoms. The second-order valence-electron chi connectivity index (χ2n) is 5.12. The van der Waals surface area contributed by atoms with Crippen molar-refractivity contribution in [2.24, 2.45) is 5.92 Å². The molecule has 1 aromatic rings. The Bertz CT molecular complexity index is 542. The van der Waals surface area contributed by atoms with Crippen molar-refractivity contribution in [2.45, 2.75) is 33.2 Å². The number of nitrogens with zero attached hydrogens (tertiary/aromatic N) is 2. The summed E-state index contributed by atoms with van der Waals surface area (Å²) in [5.74, 6) is -0.484. The number of hydrogen-bond acceptors (Lipinski definition) is 4. The van der Waals surface area contributed by atoms with Crippen molar-refractivity contribution in [3.05, 3.63) is 23.4 Å². The highest BCUT2D eigenvalue weighted by Gasteiger charge is 2.37. The van der Waals surface area contributed by atoms with Gasteiger partial charge in [-0.15, -0.1) is 0 Å². The van der Waals surface area contributed by atoms with Crippen LogP contribution in [-0.4, -0.2) is 34.8 Å². The molecule has 1 fully saturated rings. The van der Waals surface area contributed by atoms with Gasteiger partial charge < -0.3 is 9.84 Å². The second kappa shape index (κ2) is 5.48. The third-order valence-corrected chi connectivity index (χ3v) is 3.40. The van der Waals surface area contributed by atoms with Crippen LogP contribution in [0.1, 0.15) is 36.8 Å². The number of carbonyl (C=O) groups excluding carboxylic acids is 1. The minimum absolute atomic E-state index is 0.122. The van der Waals surface area contributed by atoms with Crippen LogP contribution in [0.2, 0.25) is 0 Å². The number of carboxylic acid groups (broad SMARTS) is 1. The maximum Gasteiger partial charge on any atom is 0.415 e. The van der Waals surface area contributed by atoms with E-state index in [0.29, 0.717) is 24.5 Å². The molecule has 1 aliphatic heterocycles. The molecule has 0 radical (unpaired) electrons. The molecule has 6 heteroatoms. The van der Waals surface area contributed by atoms with E-state index in [0.717, 1.165) is 0 Å². The van der Waals surface area contributed by atoms with Crippen LogP contribution in [0.5, 0.6) is 0 Å². The molecule has 0 aliphatic carbocycles. The topological polar surface area (TPSA) is 79.7 Å². The van der Waals surface area contributed by atoms with Gasteiger partial charge >= 0.3 is 12.1 Å². The van der Waals surface area contributed by atoms with Crippen molar-refractivity contribution in [3.63, 3.8) is 0 Å². The summed E-state index contributed by atoms with van der Waals surface area (Å²) in [5, 5.41) is 9.15. The number of pyridine rings is 1. The number of ether oxygens (including phenoxy) is 1. The number of aromatic nitrogens is 1. The number of carbonyl (C=O) groups is 2. The molecule has 2 heterocycles. The summed E-state index contributed by atoms with van der Waals surface area (Å²) in [6.07, 6.45) is 0.129. The summed E-state index contributed by atoms with van der Waals surface area (Å²) in [5.41, 5.74) is 0.774. The Hall–Kier alpha value is -2.11. The number of hydrogen-bond donors (Lipinski definition) is 1. The highest BCUT2D eigenvalue weighted by atomic mass is 16.6. The normalized spacial score (nSPS) is 18.5. The van der Waals surface area contributed by atoms with Gasteiger partial charge in [0.1, 0.15) is 12.4 Å². The fraction of sp³-hybridized carbons (Fsp3) is 0.500. The summed E-state index contributed by atoms with van der Waals surface area (Å²) < 4.78 is 5.07. The number of carboxylic acids is 1. The van der Waals surface area contributed by atoms with E-state index in [4.69, 9.17) is 9.84 Å². The van der Waals surface area contributed by atoms with Gasteiger partial charge in [-0.25, -0.2) is 14.6 Å². The lowest BCUT2D eigenvalue weighted by Gasteiger charge is -2.24. The van der Waals surface area contributed by atoms with E-state index < -0.39 is 12.1 Å². The van der Waals surface area contributed by atoms with Crippen molar-refractivity contribution in [3.8, 4) is 0 Å². The first-order valence-electron chi connectivity index (χ1n) is 6.64. The van der Waals surface area contributed by atoms with Crippen LogP contribution >= 0.6 is 0 Å². The predicted octanol–water partition coefficient (Wildman–Crippen LogP) is 2.32. The minimum Gasteiger partial charge on any atom is -0.478 e. The molecule has 20 heavy (non-hydrogen) atoms. The molecule has 0 unspecified atom stereocenters. The Kier molecular flexibility index (Phi) is 3.92. The van der Waals surface area contributed by atoms with E-state index in [9.17, 15) is 9.59 Å². The number of rotatable bonds is 4. The largest absolute Gasteiger partial charge is 0.478 e. The van der Waals surface area contributed by atoms with Gasteiger partial charge in [0.05, 0.1) is 11.6 Å². The fourth-order valence-electron chi connectivity index (χ4n) is 2.19. The van der Waals surface area contributed by atoms with Gasteiger partial charge in [0.15, 0.2) is 0 Å².